The SMILES string of the molecule is O=C(NCC1CCCO1)c1cccc(NC(=O)c2ccc(F)cc2)c1. The number of nitrogens with one attached hydrogen (secondary N) is 2. The fourth-order valence-electron chi connectivity index (χ4n) is 2.66. The molecule has 1 atom stereocenters. The predicted molar refractivity (Wildman–Crippen MR) is 92.1 cm³/mol. The first-order chi connectivity index (χ1) is 12.1. The number of hydrogen-bond acceptors (Lipinski definition) is 3. The standard InChI is InChI=1S/C19H19FN2O3/c20-15-8-6-13(7-9-15)19(24)22-16-4-1-3-14(11-16)18(23)21-12-17-5-2-10-25-17/h1,3-4,6-9,11,17H,2,5,10,12H2,(H,21,23)(H,22,24). The van der Waals surface area contributed by atoms with E-state index in [0.717, 1.165) is 19.4 Å². The highest BCUT2D eigenvalue weighted by Crippen LogP contribution is 2.14. The van der Waals surface area contributed by atoms with Crippen LogP contribution in [0, 0.1) is 5.82 Å². The van der Waals surface area contributed by atoms with E-state index in [9.17, 15) is 14.0 Å². The molecule has 0 aliphatic carbocycles. The van der Waals surface area contributed by atoms with E-state index in [1.807, 2.05) is 0 Å². The Morgan fingerprint density at radius 3 is 2.60 bits per heavy atom. The van der Waals surface area contributed by atoms with E-state index in [2.05, 4.69) is 10.6 Å². The Balaban J connectivity index is 1.61. The van der Waals surface area contributed by atoms with Crippen molar-refractivity contribution in [3.8, 4) is 0 Å². The number of carbonyl (C=O) groups excluding carboxylic acids is 2. The van der Waals surface area contributed by atoms with E-state index in [4.69, 9.17) is 4.74 Å². The van der Waals surface area contributed by atoms with Crippen molar-refractivity contribution in [2.75, 3.05) is 18.5 Å². The van der Waals surface area contributed by atoms with Gasteiger partial charge in [-0.2, -0.15) is 0 Å². The topological polar surface area (TPSA) is 67.4 Å². The lowest BCUT2D eigenvalue weighted by atomic mass is 10.1. The van der Waals surface area contributed by atoms with Crippen molar-refractivity contribution in [1.29, 1.82) is 0 Å². The van der Waals surface area contributed by atoms with Crippen molar-refractivity contribution in [3.05, 3.63) is 65.5 Å². The van der Waals surface area contributed by atoms with Gasteiger partial charge < -0.3 is 15.4 Å². The van der Waals surface area contributed by atoms with Crippen molar-refractivity contribution >= 4 is 17.5 Å². The highest BCUT2D eigenvalue weighted by molar-refractivity contribution is 6.05. The molecule has 0 aromatic heterocycles. The van der Waals surface area contributed by atoms with Gasteiger partial charge in [-0.1, -0.05) is 6.07 Å². The summed E-state index contributed by atoms with van der Waals surface area (Å²) in [5, 5.41) is 5.55. The molecule has 130 valence electrons. The van der Waals surface area contributed by atoms with E-state index in [1.54, 1.807) is 24.3 Å². The smallest absolute Gasteiger partial charge is 0.255 e. The molecule has 1 aliphatic rings. The molecule has 1 heterocycles. The lowest BCUT2D eigenvalue weighted by molar-refractivity contribution is 0.0857. The average Bonchev–Trinajstić information content (AvgIpc) is 3.14. The molecule has 0 saturated carbocycles. The van der Waals surface area contributed by atoms with Crippen molar-refractivity contribution < 1.29 is 18.7 Å². The zero-order valence-electron chi connectivity index (χ0n) is 13.6. The van der Waals surface area contributed by atoms with Crippen LogP contribution in [0.5, 0.6) is 0 Å². The number of hydrogen-bond donors (Lipinski definition) is 2. The fraction of sp³-hybridized carbons (Fsp3) is 0.263. The molecule has 0 spiro atoms. The van der Waals surface area contributed by atoms with Gasteiger partial charge in [0, 0.05) is 30.0 Å². The van der Waals surface area contributed by atoms with Crippen molar-refractivity contribution in [2.24, 2.45) is 0 Å². The first kappa shape index (κ1) is 17.1. The maximum atomic E-state index is 12.9. The van der Waals surface area contributed by atoms with Crippen LogP contribution in [-0.4, -0.2) is 31.1 Å². The Labute approximate surface area is 145 Å². The molecule has 1 aliphatic heterocycles. The van der Waals surface area contributed by atoms with E-state index >= 15 is 0 Å². The highest BCUT2D eigenvalue weighted by Gasteiger charge is 2.17. The number of rotatable bonds is 5. The van der Waals surface area contributed by atoms with Crippen LogP contribution in [0.25, 0.3) is 0 Å². The summed E-state index contributed by atoms with van der Waals surface area (Å²) in [5.41, 5.74) is 1.30. The maximum absolute atomic E-state index is 12.9. The summed E-state index contributed by atoms with van der Waals surface area (Å²) in [6, 6.07) is 11.9. The quantitative estimate of drug-likeness (QED) is 0.878. The number of ether oxygens (including phenoxy) is 1. The second kappa shape index (κ2) is 7.90. The molecular formula is C19H19FN2O3. The zero-order chi connectivity index (χ0) is 17.6. The molecule has 6 heteroatoms. The molecule has 25 heavy (non-hydrogen) atoms. The first-order valence-corrected chi connectivity index (χ1v) is 8.18. The largest absolute Gasteiger partial charge is 0.376 e. The van der Waals surface area contributed by atoms with Crippen LogP contribution >= 0.6 is 0 Å². The molecule has 1 unspecified atom stereocenters. The Morgan fingerprint density at radius 2 is 1.88 bits per heavy atom. The zero-order valence-corrected chi connectivity index (χ0v) is 13.6. The first-order valence-electron chi connectivity index (χ1n) is 8.18. The van der Waals surface area contributed by atoms with Gasteiger partial charge in [0.05, 0.1) is 6.10 Å². The molecule has 1 fully saturated rings. The van der Waals surface area contributed by atoms with Gasteiger partial charge in [-0.15, -0.1) is 0 Å². The van der Waals surface area contributed by atoms with Gasteiger partial charge in [0.2, 0.25) is 0 Å². The number of carbonyl (C=O) groups is 2. The molecule has 0 bridgehead atoms. The molecule has 2 aromatic rings. The van der Waals surface area contributed by atoms with Gasteiger partial charge in [-0.3, -0.25) is 9.59 Å². The minimum Gasteiger partial charge on any atom is -0.376 e. The lowest BCUT2D eigenvalue weighted by Crippen LogP contribution is -2.31. The van der Waals surface area contributed by atoms with Gasteiger partial charge in [-0.05, 0) is 55.3 Å². The van der Waals surface area contributed by atoms with Crippen LogP contribution in [0.1, 0.15) is 33.6 Å². The van der Waals surface area contributed by atoms with E-state index < -0.39 is 5.82 Å². The van der Waals surface area contributed by atoms with Gasteiger partial charge in [0.15, 0.2) is 0 Å². The van der Waals surface area contributed by atoms with Gasteiger partial charge >= 0.3 is 0 Å². The van der Waals surface area contributed by atoms with Crippen LogP contribution in [0.4, 0.5) is 10.1 Å². The Morgan fingerprint density at radius 1 is 1.08 bits per heavy atom. The Hall–Kier alpha value is -2.73. The summed E-state index contributed by atoms with van der Waals surface area (Å²) in [5.74, 6) is -0.980. The van der Waals surface area contributed by atoms with Gasteiger partial charge in [-0.25, -0.2) is 4.39 Å². The molecule has 5 nitrogen and oxygen atoms in total. The second-order valence-corrected chi connectivity index (χ2v) is 5.89. The number of anilines is 1. The number of halogens is 1. The van der Waals surface area contributed by atoms with E-state index in [-0.39, 0.29) is 17.9 Å². The summed E-state index contributed by atoms with van der Waals surface area (Å²) in [6.07, 6.45) is 2.05. The van der Waals surface area contributed by atoms with Crippen LogP contribution < -0.4 is 10.6 Å². The minimum atomic E-state index is -0.401. The third-order valence-corrected chi connectivity index (χ3v) is 4.00. The van der Waals surface area contributed by atoms with Crippen LogP contribution in [-0.2, 0) is 4.74 Å². The van der Waals surface area contributed by atoms with E-state index in [1.165, 1.54) is 24.3 Å². The molecular weight excluding hydrogens is 323 g/mol. The summed E-state index contributed by atoms with van der Waals surface area (Å²) in [6.45, 7) is 1.22. The number of benzene rings is 2. The lowest BCUT2D eigenvalue weighted by Gasteiger charge is -2.11. The summed E-state index contributed by atoms with van der Waals surface area (Å²) >= 11 is 0. The van der Waals surface area contributed by atoms with Crippen molar-refractivity contribution in [1.82, 2.24) is 5.32 Å². The summed E-state index contributed by atoms with van der Waals surface area (Å²) in [7, 11) is 0. The third-order valence-electron chi connectivity index (χ3n) is 4.00. The normalized spacial score (nSPS) is 16.4. The molecule has 0 radical (unpaired) electrons. The molecule has 3 rings (SSSR count). The monoisotopic (exact) mass is 342 g/mol. The molecule has 2 aromatic carbocycles. The third kappa shape index (κ3) is 4.64. The van der Waals surface area contributed by atoms with Gasteiger partial charge in [0.25, 0.3) is 11.8 Å². The van der Waals surface area contributed by atoms with Crippen LogP contribution in [0.3, 0.4) is 0 Å². The Bertz CT molecular complexity index is 756. The van der Waals surface area contributed by atoms with Gasteiger partial charge in [0.1, 0.15) is 5.82 Å². The summed E-state index contributed by atoms with van der Waals surface area (Å²) in [4.78, 5) is 24.4. The maximum Gasteiger partial charge on any atom is 0.255 e. The van der Waals surface area contributed by atoms with Crippen LogP contribution in [0.2, 0.25) is 0 Å². The molecule has 2 N–H and O–H groups in total. The minimum absolute atomic E-state index is 0.0744. The predicted octanol–water partition coefficient (Wildman–Crippen LogP) is 2.99. The highest BCUT2D eigenvalue weighted by atomic mass is 19.1. The van der Waals surface area contributed by atoms with Crippen molar-refractivity contribution in [2.45, 2.75) is 18.9 Å². The summed E-state index contributed by atoms with van der Waals surface area (Å²) < 4.78 is 18.4. The number of amides is 2. The second-order valence-electron chi connectivity index (χ2n) is 5.89. The molecule has 2 amide bonds. The average molecular weight is 342 g/mol. The molecule has 1 saturated heterocycles. The fourth-order valence-corrected chi connectivity index (χ4v) is 2.66. The Kier molecular flexibility index (Phi) is 5.40. The van der Waals surface area contributed by atoms with E-state index in [0.29, 0.717) is 23.4 Å². The van der Waals surface area contributed by atoms with Crippen molar-refractivity contribution in [3.63, 3.8) is 0 Å². The van der Waals surface area contributed by atoms with Crippen LogP contribution in [0.15, 0.2) is 48.5 Å².